The molecule has 1 saturated heterocycles. The van der Waals surface area contributed by atoms with Crippen LogP contribution >= 0.6 is 23.2 Å². The standard InChI is InChI=1S/C16H18Cl2F3N2O.BrH/c1-23(11-12-13(17)3-2-4-14(12)18)9-7-22(8-10-23)6-5-15(24)16(19,20)21;/h2-6H,7-11H2,1H3;1H/q+1;/p-1/b6-5+;. The Labute approximate surface area is 165 Å². The number of quaternary nitrogens is 1. The number of piperazine rings is 1. The SMILES string of the molecule is C[N+]1(Cc2c(Cl)cccc2Cl)CCN(/C=C/C(=O)C(F)(F)F)CC1.[Br-]. The molecule has 1 aromatic rings. The van der Waals surface area contributed by atoms with E-state index in [1.807, 2.05) is 0 Å². The molecule has 9 heteroatoms. The molecule has 3 nitrogen and oxygen atoms in total. The maximum Gasteiger partial charge on any atom is 0.454 e. The highest BCUT2D eigenvalue weighted by Gasteiger charge is 2.36. The number of halogens is 6. The number of alkyl halides is 3. The Balaban J connectivity index is 0.00000312. The summed E-state index contributed by atoms with van der Waals surface area (Å²) < 4.78 is 37.3. The second kappa shape index (κ2) is 8.75. The molecule has 0 unspecified atom stereocenters. The van der Waals surface area contributed by atoms with Crippen molar-refractivity contribution in [3.8, 4) is 0 Å². The van der Waals surface area contributed by atoms with Crippen LogP contribution in [0, 0.1) is 0 Å². The summed E-state index contributed by atoms with van der Waals surface area (Å²) in [4.78, 5) is 12.6. The molecular weight excluding hydrogens is 444 g/mol. The van der Waals surface area contributed by atoms with E-state index < -0.39 is 12.0 Å². The van der Waals surface area contributed by atoms with Crippen LogP contribution in [0.1, 0.15) is 5.56 Å². The molecule has 0 aromatic heterocycles. The summed E-state index contributed by atoms with van der Waals surface area (Å²) in [5, 5.41) is 1.22. The first-order chi connectivity index (χ1) is 11.1. The molecule has 0 atom stereocenters. The maximum absolute atomic E-state index is 12.2. The van der Waals surface area contributed by atoms with E-state index in [9.17, 15) is 18.0 Å². The predicted molar refractivity (Wildman–Crippen MR) is 87.9 cm³/mol. The number of hydrogen-bond donors (Lipinski definition) is 0. The Morgan fingerprint density at radius 1 is 1.24 bits per heavy atom. The molecule has 1 aliphatic heterocycles. The van der Waals surface area contributed by atoms with Gasteiger partial charge in [0.15, 0.2) is 0 Å². The topological polar surface area (TPSA) is 20.3 Å². The van der Waals surface area contributed by atoms with Gasteiger partial charge in [-0.15, -0.1) is 0 Å². The van der Waals surface area contributed by atoms with Crippen molar-refractivity contribution in [2.24, 2.45) is 0 Å². The van der Waals surface area contributed by atoms with E-state index in [4.69, 9.17) is 23.2 Å². The van der Waals surface area contributed by atoms with Gasteiger partial charge in [0.25, 0.3) is 5.78 Å². The Morgan fingerprint density at radius 3 is 2.24 bits per heavy atom. The second-order valence-electron chi connectivity index (χ2n) is 6.14. The van der Waals surface area contributed by atoms with E-state index in [0.717, 1.165) is 5.56 Å². The van der Waals surface area contributed by atoms with Gasteiger partial charge in [-0.1, -0.05) is 29.3 Å². The number of nitrogens with zero attached hydrogens (tertiary/aromatic N) is 2. The Kier molecular flexibility index (Phi) is 7.80. The lowest BCUT2D eigenvalue weighted by atomic mass is 10.1. The van der Waals surface area contributed by atoms with Gasteiger partial charge in [-0.25, -0.2) is 0 Å². The van der Waals surface area contributed by atoms with Crippen molar-refractivity contribution in [1.29, 1.82) is 0 Å². The average molecular weight is 462 g/mol. The Bertz CT molecular complexity index is 625. The normalized spacial score (nSPS) is 17.4. The molecule has 140 valence electrons. The molecule has 0 saturated carbocycles. The zero-order valence-corrected chi connectivity index (χ0v) is 16.6. The van der Waals surface area contributed by atoms with E-state index >= 15 is 0 Å². The zero-order valence-electron chi connectivity index (χ0n) is 13.5. The summed E-state index contributed by atoms with van der Waals surface area (Å²) in [6, 6.07) is 5.36. The zero-order chi connectivity index (χ0) is 18.0. The third-order valence-corrected chi connectivity index (χ3v) is 4.88. The predicted octanol–water partition coefficient (Wildman–Crippen LogP) is 0.905. The number of rotatable bonds is 4. The number of hydrogen-bond acceptors (Lipinski definition) is 2. The van der Waals surface area contributed by atoms with Crippen molar-refractivity contribution in [2.45, 2.75) is 12.7 Å². The summed E-state index contributed by atoms with van der Waals surface area (Å²) in [5.74, 6) is -1.84. The summed E-state index contributed by atoms with van der Waals surface area (Å²) >= 11 is 12.4. The number of carbonyl (C=O) groups is 1. The molecule has 0 radical (unpaired) electrons. The fraction of sp³-hybridized carbons (Fsp3) is 0.438. The highest BCUT2D eigenvalue weighted by molar-refractivity contribution is 6.35. The van der Waals surface area contributed by atoms with E-state index in [2.05, 4.69) is 7.05 Å². The first-order valence-corrected chi connectivity index (χ1v) is 8.16. The molecule has 0 N–H and O–H groups in total. The highest BCUT2D eigenvalue weighted by atomic mass is 79.9. The van der Waals surface area contributed by atoms with Crippen molar-refractivity contribution < 1.29 is 39.4 Å². The molecule has 0 spiro atoms. The fourth-order valence-corrected chi connectivity index (χ4v) is 3.12. The molecule has 1 aliphatic rings. The fourth-order valence-electron chi connectivity index (χ4n) is 2.60. The highest BCUT2D eigenvalue weighted by Crippen LogP contribution is 2.28. The lowest BCUT2D eigenvalue weighted by Crippen LogP contribution is -3.00. The summed E-state index contributed by atoms with van der Waals surface area (Å²) in [7, 11) is 2.06. The van der Waals surface area contributed by atoms with Crippen LogP contribution in [-0.4, -0.2) is 54.6 Å². The average Bonchev–Trinajstić information content (AvgIpc) is 2.49. The summed E-state index contributed by atoms with van der Waals surface area (Å²) in [5.41, 5.74) is 0.875. The van der Waals surface area contributed by atoms with Gasteiger partial charge >= 0.3 is 6.18 Å². The van der Waals surface area contributed by atoms with Gasteiger partial charge in [-0.05, 0) is 12.1 Å². The van der Waals surface area contributed by atoms with E-state index in [1.165, 1.54) is 6.20 Å². The molecule has 1 fully saturated rings. The number of allylic oxidation sites excluding steroid dienone is 1. The number of likely N-dealkylation sites (N-methyl/N-ethyl adjacent to an activating group) is 1. The smallest absolute Gasteiger partial charge is 0.454 e. The van der Waals surface area contributed by atoms with Gasteiger partial charge < -0.3 is 26.4 Å². The van der Waals surface area contributed by atoms with Gasteiger partial charge in [0, 0.05) is 17.8 Å². The molecule has 0 aliphatic carbocycles. The Morgan fingerprint density at radius 2 is 1.76 bits per heavy atom. The van der Waals surface area contributed by atoms with Gasteiger partial charge in [0.2, 0.25) is 0 Å². The second-order valence-corrected chi connectivity index (χ2v) is 6.95. The molecule has 1 heterocycles. The monoisotopic (exact) mass is 460 g/mol. The minimum absolute atomic E-state index is 0. The van der Waals surface area contributed by atoms with Crippen LogP contribution in [0.15, 0.2) is 30.5 Å². The van der Waals surface area contributed by atoms with Crippen LogP contribution in [0.25, 0.3) is 0 Å². The molecule has 1 aromatic carbocycles. The van der Waals surface area contributed by atoms with E-state index in [-0.39, 0.29) is 17.0 Å². The summed E-state index contributed by atoms with van der Waals surface area (Å²) in [6.07, 6.45) is -3.01. The Hall–Kier alpha value is -0.760. The lowest BCUT2D eigenvalue weighted by molar-refractivity contribution is -0.926. The van der Waals surface area contributed by atoms with Gasteiger partial charge in [0.05, 0.1) is 43.3 Å². The van der Waals surface area contributed by atoms with Crippen LogP contribution in [0.3, 0.4) is 0 Å². The molecular formula is C16H18BrCl2F3N2O. The maximum atomic E-state index is 12.2. The molecule has 25 heavy (non-hydrogen) atoms. The summed E-state index contributed by atoms with van der Waals surface area (Å²) in [6.45, 7) is 3.19. The largest absolute Gasteiger partial charge is 1.00 e. The first-order valence-electron chi connectivity index (χ1n) is 7.41. The van der Waals surface area contributed by atoms with Crippen LogP contribution in [0.4, 0.5) is 13.2 Å². The number of benzene rings is 1. The minimum atomic E-state index is -4.82. The molecule has 0 bridgehead atoms. The van der Waals surface area contributed by atoms with Crippen molar-refractivity contribution in [2.75, 3.05) is 33.2 Å². The third-order valence-electron chi connectivity index (χ3n) is 4.17. The van der Waals surface area contributed by atoms with Crippen molar-refractivity contribution in [3.63, 3.8) is 0 Å². The number of ketones is 1. The van der Waals surface area contributed by atoms with Crippen molar-refractivity contribution in [3.05, 3.63) is 46.1 Å². The van der Waals surface area contributed by atoms with E-state index in [0.29, 0.717) is 53.3 Å². The minimum Gasteiger partial charge on any atom is -1.00 e. The van der Waals surface area contributed by atoms with Crippen molar-refractivity contribution in [1.82, 2.24) is 4.90 Å². The first kappa shape index (κ1) is 22.3. The van der Waals surface area contributed by atoms with E-state index in [1.54, 1.807) is 23.1 Å². The lowest BCUT2D eigenvalue weighted by Gasteiger charge is -2.42. The molecule has 0 amide bonds. The van der Waals surface area contributed by atoms with Crippen LogP contribution in [-0.2, 0) is 11.3 Å². The van der Waals surface area contributed by atoms with Crippen LogP contribution in [0.5, 0.6) is 0 Å². The number of carbonyl (C=O) groups excluding carboxylic acids is 1. The molecule has 2 rings (SSSR count). The van der Waals surface area contributed by atoms with Gasteiger partial charge in [0.1, 0.15) is 6.54 Å². The van der Waals surface area contributed by atoms with Crippen LogP contribution in [0.2, 0.25) is 10.0 Å². The third kappa shape index (κ3) is 6.16. The van der Waals surface area contributed by atoms with Crippen molar-refractivity contribution >= 4 is 29.0 Å². The quantitative estimate of drug-likeness (QED) is 0.490. The van der Waals surface area contributed by atoms with Gasteiger partial charge in [-0.2, -0.15) is 13.2 Å². The van der Waals surface area contributed by atoms with Crippen LogP contribution < -0.4 is 17.0 Å². The van der Waals surface area contributed by atoms with Gasteiger partial charge in [-0.3, -0.25) is 4.79 Å².